The number of carbonyl (C=O) groups is 2. The summed E-state index contributed by atoms with van der Waals surface area (Å²) in [5, 5.41) is 3.41. The molecule has 4 rings (SSSR count). The zero-order valence-corrected chi connectivity index (χ0v) is 23.6. The van der Waals surface area contributed by atoms with Gasteiger partial charge in [0.25, 0.3) is 5.91 Å². The molecule has 1 N–H and O–H groups in total. The molecule has 0 aromatic heterocycles. The average Bonchev–Trinajstić information content (AvgIpc) is 2.94. The van der Waals surface area contributed by atoms with Crippen LogP contribution in [0.5, 0.6) is 11.5 Å². The van der Waals surface area contributed by atoms with Crippen LogP contribution in [0, 0.1) is 0 Å². The summed E-state index contributed by atoms with van der Waals surface area (Å²) in [7, 11) is 1.53. The van der Waals surface area contributed by atoms with E-state index in [-0.39, 0.29) is 18.0 Å². The summed E-state index contributed by atoms with van der Waals surface area (Å²) in [6.45, 7) is 3.98. The van der Waals surface area contributed by atoms with E-state index >= 15 is 0 Å². The molecule has 6 nitrogen and oxygen atoms in total. The number of hydrogen-bond donors (Lipinski definition) is 1. The van der Waals surface area contributed by atoms with E-state index in [1.807, 2.05) is 24.3 Å². The van der Waals surface area contributed by atoms with E-state index in [0.717, 1.165) is 42.4 Å². The predicted molar refractivity (Wildman–Crippen MR) is 154 cm³/mol. The molecule has 1 amide bonds. The Morgan fingerprint density at radius 2 is 1.56 bits per heavy atom. The molecule has 1 saturated carbocycles. The summed E-state index contributed by atoms with van der Waals surface area (Å²) < 4.78 is 17.0. The highest BCUT2D eigenvalue weighted by Crippen LogP contribution is 2.28. The maximum Gasteiger partial charge on any atom is 0.350 e. The van der Waals surface area contributed by atoms with Gasteiger partial charge < -0.3 is 19.5 Å². The van der Waals surface area contributed by atoms with Gasteiger partial charge in [-0.25, -0.2) is 4.79 Å². The molecule has 0 atom stereocenters. The maximum absolute atomic E-state index is 12.7. The number of hydrogen-bond acceptors (Lipinski definition) is 5. The van der Waals surface area contributed by atoms with Crippen LogP contribution >= 0.6 is 11.6 Å². The fourth-order valence-corrected chi connectivity index (χ4v) is 4.84. The lowest BCUT2D eigenvalue weighted by atomic mass is 9.97. The minimum Gasteiger partial charge on any atom is -0.496 e. The lowest BCUT2D eigenvalue weighted by Crippen LogP contribution is -2.41. The molecule has 0 saturated heterocycles. The van der Waals surface area contributed by atoms with Crippen LogP contribution in [0.15, 0.2) is 66.7 Å². The Labute approximate surface area is 235 Å². The topological polar surface area (TPSA) is 73.9 Å². The van der Waals surface area contributed by atoms with Gasteiger partial charge in [0, 0.05) is 11.6 Å². The van der Waals surface area contributed by atoms with Crippen LogP contribution < -0.4 is 14.8 Å². The zero-order chi connectivity index (χ0) is 27.8. The number of benzene rings is 3. The minimum absolute atomic E-state index is 0.00205. The van der Waals surface area contributed by atoms with Crippen molar-refractivity contribution in [1.82, 2.24) is 5.32 Å². The molecule has 0 bridgehead atoms. The van der Waals surface area contributed by atoms with E-state index in [0.29, 0.717) is 35.1 Å². The van der Waals surface area contributed by atoms with Gasteiger partial charge in [0.15, 0.2) is 5.60 Å². The number of methoxy groups -OCH3 is 1. The third-order valence-corrected chi connectivity index (χ3v) is 7.17. The Morgan fingerprint density at radius 3 is 2.21 bits per heavy atom. The molecule has 3 aromatic rings. The van der Waals surface area contributed by atoms with Crippen LogP contribution in [-0.4, -0.2) is 37.2 Å². The number of carbonyl (C=O) groups excluding carboxylic acids is 2. The Hall–Kier alpha value is -3.51. The predicted octanol–water partition coefficient (Wildman–Crippen LogP) is 7.02. The van der Waals surface area contributed by atoms with Gasteiger partial charge in [0.05, 0.1) is 12.7 Å². The standard InChI is InChI=1S/C32H36ClNO5/c1-32(2,31(36)38-26-7-5-4-6-8-26)39-27-16-13-24(14-17-27)23-11-9-22(10-12-23)19-20-34-30(35)28-21-25(33)15-18-29(28)37-3/h9-18,21,26H,4-8,19-20H2,1-3H3,(H,34,35). The minimum atomic E-state index is -1.06. The second-order valence-corrected chi connectivity index (χ2v) is 10.8. The summed E-state index contributed by atoms with van der Waals surface area (Å²) in [6, 6.07) is 20.9. The fourth-order valence-electron chi connectivity index (χ4n) is 4.67. The van der Waals surface area contributed by atoms with E-state index < -0.39 is 5.60 Å². The number of nitrogens with one attached hydrogen (secondary N) is 1. The van der Waals surface area contributed by atoms with Crippen molar-refractivity contribution in [3.63, 3.8) is 0 Å². The first kappa shape index (κ1) is 28.5. The van der Waals surface area contributed by atoms with E-state index in [1.54, 1.807) is 32.0 Å². The summed E-state index contributed by atoms with van der Waals surface area (Å²) >= 11 is 6.03. The van der Waals surface area contributed by atoms with Gasteiger partial charge in [-0.3, -0.25) is 4.79 Å². The van der Waals surface area contributed by atoms with Crippen molar-refractivity contribution >= 4 is 23.5 Å². The lowest BCUT2D eigenvalue weighted by Gasteiger charge is -2.29. The molecule has 0 aliphatic heterocycles. The van der Waals surface area contributed by atoms with Crippen LogP contribution in [0.2, 0.25) is 5.02 Å². The Morgan fingerprint density at radius 1 is 0.923 bits per heavy atom. The number of ether oxygens (including phenoxy) is 3. The van der Waals surface area contributed by atoms with Gasteiger partial charge in [-0.1, -0.05) is 54.4 Å². The third-order valence-electron chi connectivity index (χ3n) is 6.94. The van der Waals surface area contributed by atoms with Gasteiger partial charge in [-0.15, -0.1) is 0 Å². The van der Waals surface area contributed by atoms with E-state index in [4.69, 9.17) is 25.8 Å². The molecule has 1 fully saturated rings. The molecule has 39 heavy (non-hydrogen) atoms. The normalized spacial score (nSPS) is 13.9. The maximum atomic E-state index is 12.7. The monoisotopic (exact) mass is 549 g/mol. The first-order chi connectivity index (χ1) is 18.7. The van der Waals surface area contributed by atoms with Crippen molar-refractivity contribution in [1.29, 1.82) is 0 Å². The van der Waals surface area contributed by atoms with Gasteiger partial charge in [0.1, 0.15) is 17.6 Å². The summed E-state index contributed by atoms with van der Waals surface area (Å²) in [4.78, 5) is 25.3. The molecule has 206 valence electrons. The number of halogens is 1. The smallest absolute Gasteiger partial charge is 0.350 e. The van der Waals surface area contributed by atoms with E-state index in [1.165, 1.54) is 13.5 Å². The van der Waals surface area contributed by atoms with Gasteiger partial charge in [-0.2, -0.15) is 0 Å². The number of rotatable bonds is 10. The Balaban J connectivity index is 1.29. The second-order valence-electron chi connectivity index (χ2n) is 10.3. The highest BCUT2D eigenvalue weighted by Gasteiger charge is 2.34. The number of amides is 1. The SMILES string of the molecule is COc1ccc(Cl)cc1C(=O)NCCc1ccc(-c2ccc(OC(C)(C)C(=O)OC3CCCCC3)cc2)cc1. The number of esters is 1. The highest BCUT2D eigenvalue weighted by molar-refractivity contribution is 6.31. The van der Waals surface area contributed by atoms with Crippen molar-refractivity contribution in [2.75, 3.05) is 13.7 Å². The molecular weight excluding hydrogens is 514 g/mol. The van der Waals surface area contributed by atoms with Crippen molar-refractivity contribution in [3.8, 4) is 22.6 Å². The molecule has 1 aliphatic carbocycles. The molecule has 1 aliphatic rings. The van der Waals surface area contributed by atoms with Crippen molar-refractivity contribution in [2.45, 2.75) is 64.1 Å². The van der Waals surface area contributed by atoms with Crippen molar-refractivity contribution < 1.29 is 23.8 Å². The molecule has 7 heteroatoms. The largest absolute Gasteiger partial charge is 0.496 e. The molecular formula is C32H36ClNO5. The van der Waals surface area contributed by atoms with Crippen LogP contribution in [0.25, 0.3) is 11.1 Å². The summed E-state index contributed by atoms with van der Waals surface area (Å²) in [5.41, 5.74) is 2.56. The third kappa shape index (κ3) is 7.76. The molecule has 3 aromatic carbocycles. The second kappa shape index (κ2) is 13.0. The van der Waals surface area contributed by atoms with Crippen molar-refractivity contribution in [2.24, 2.45) is 0 Å². The van der Waals surface area contributed by atoms with Gasteiger partial charge in [0.2, 0.25) is 0 Å². The molecule has 0 spiro atoms. The fraction of sp³-hybridized carbons (Fsp3) is 0.375. The molecule has 0 radical (unpaired) electrons. The van der Waals surface area contributed by atoms with E-state index in [2.05, 4.69) is 29.6 Å². The first-order valence-electron chi connectivity index (χ1n) is 13.5. The van der Waals surface area contributed by atoms with Crippen LogP contribution in [0.1, 0.15) is 61.9 Å². The average molecular weight is 550 g/mol. The first-order valence-corrected chi connectivity index (χ1v) is 13.8. The van der Waals surface area contributed by atoms with Gasteiger partial charge >= 0.3 is 5.97 Å². The van der Waals surface area contributed by atoms with Gasteiger partial charge in [-0.05, 0) is 93.0 Å². The Bertz CT molecular complexity index is 1260. The quantitative estimate of drug-likeness (QED) is 0.275. The lowest BCUT2D eigenvalue weighted by molar-refractivity contribution is -0.166. The Kier molecular flexibility index (Phi) is 9.52. The van der Waals surface area contributed by atoms with Crippen LogP contribution in [0.3, 0.4) is 0 Å². The zero-order valence-electron chi connectivity index (χ0n) is 22.8. The summed E-state index contributed by atoms with van der Waals surface area (Å²) in [6.07, 6.45) is 5.98. The van der Waals surface area contributed by atoms with Crippen LogP contribution in [-0.2, 0) is 16.0 Å². The molecule has 0 unspecified atom stereocenters. The van der Waals surface area contributed by atoms with E-state index in [9.17, 15) is 9.59 Å². The molecule has 0 heterocycles. The van der Waals surface area contributed by atoms with Crippen LogP contribution in [0.4, 0.5) is 0 Å². The summed E-state index contributed by atoms with van der Waals surface area (Å²) in [5.74, 6) is 0.560. The highest BCUT2D eigenvalue weighted by atomic mass is 35.5. The van der Waals surface area contributed by atoms with Crippen molar-refractivity contribution in [3.05, 3.63) is 82.9 Å².